The third-order valence-corrected chi connectivity index (χ3v) is 3.29. The molecule has 19 heavy (non-hydrogen) atoms. The minimum absolute atomic E-state index is 0.186. The van der Waals surface area contributed by atoms with Gasteiger partial charge in [-0.1, -0.05) is 30.3 Å². The predicted molar refractivity (Wildman–Crippen MR) is 70.8 cm³/mol. The largest absolute Gasteiger partial charge is 0.480 e. The number of amides is 1. The van der Waals surface area contributed by atoms with E-state index in [1.54, 1.807) is 0 Å². The van der Waals surface area contributed by atoms with Crippen molar-refractivity contribution in [3.63, 3.8) is 0 Å². The van der Waals surface area contributed by atoms with Gasteiger partial charge in [0.1, 0.15) is 6.04 Å². The van der Waals surface area contributed by atoms with E-state index in [2.05, 4.69) is 17.4 Å². The summed E-state index contributed by atoms with van der Waals surface area (Å²) in [5, 5.41) is 11.6. The van der Waals surface area contributed by atoms with Crippen LogP contribution in [0.1, 0.15) is 12.0 Å². The van der Waals surface area contributed by atoms with Crippen LogP contribution in [-0.4, -0.2) is 47.6 Å². The second-order valence-electron chi connectivity index (χ2n) is 4.74. The zero-order valence-corrected chi connectivity index (χ0v) is 10.7. The number of aliphatic carboxylic acids is 1. The first-order chi connectivity index (χ1) is 9.15. The Labute approximate surface area is 112 Å². The van der Waals surface area contributed by atoms with Gasteiger partial charge in [-0.25, -0.2) is 4.79 Å². The number of carboxylic acids is 1. The van der Waals surface area contributed by atoms with Crippen LogP contribution >= 0.6 is 0 Å². The first-order valence-electron chi connectivity index (χ1n) is 6.43. The fraction of sp³-hybridized carbons (Fsp3) is 0.429. The molecule has 1 aliphatic heterocycles. The van der Waals surface area contributed by atoms with E-state index in [9.17, 15) is 9.59 Å². The number of carbonyl (C=O) groups is 2. The van der Waals surface area contributed by atoms with Gasteiger partial charge in [0.05, 0.1) is 0 Å². The van der Waals surface area contributed by atoms with Gasteiger partial charge < -0.3 is 10.4 Å². The molecule has 2 N–H and O–H groups in total. The van der Waals surface area contributed by atoms with Crippen molar-refractivity contribution in [1.82, 2.24) is 10.2 Å². The van der Waals surface area contributed by atoms with E-state index in [4.69, 9.17) is 5.11 Å². The van der Waals surface area contributed by atoms with E-state index in [0.717, 1.165) is 13.0 Å². The summed E-state index contributed by atoms with van der Waals surface area (Å²) >= 11 is 0. The summed E-state index contributed by atoms with van der Waals surface area (Å²) in [4.78, 5) is 24.5. The van der Waals surface area contributed by atoms with Crippen LogP contribution in [0.5, 0.6) is 0 Å². The Morgan fingerprint density at radius 2 is 2.11 bits per heavy atom. The third kappa shape index (κ3) is 4.06. The highest BCUT2D eigenvalue weighted by molar-refractivity contribution is 5.84. The molecule has 1 heterocycles. The molecule has 5 nitrogen and oxygen atoms in total. The molecule has 1 aromatic carbocycles. The van der Waals surface area contributed by atoms with Gasteiger partial charge in [0.25, 0.3) is 0 Å². The van der Waals surface area contributed by atoms with Crippen molar-refractivity contribution in [3.8, 4) is 0 Å². The fourth-order valence-electron chi connectivity index (χ4n) is 2.20. The Morgan fingerprint density at radius 1 is 1.37 bits per heavy atom. The Balaban J connectivity index is 1.92. The minimum Gasteiger partial charge on any atom is -0.480 e. The van der Waals surface area contributed by atoms with Crippen molar-refractivity contribution in [2.24, 2.45) is 0 Å². The number of benzene rings is 1. The summed E-state index contributed by atoms with van der Waals surface area (Å²) in [5.41, 5.74) is 1.22. The van der Waals surface area contributed by atoms with Crippen LogP contribution in [0.2, 0.25) is 0 Å². The van der Waals surface area contributed by atoms with Crippen molar-refractivity contribution in [3.05, 3.63) is 35.9 Å². The zero-order valence-electron chi connectivity index (χ0n) is 10.7. The maximum absolute atomic E-state index is 11.4. The van der Waals surface area contributed by atoms with Crippen molar-refractivity contribution >= 4 is 11.9 Å². The van der Waals surface area contributed by atoms with E-state index in [1.165, 1.54) is 5.56 Å². The Bertz CT molecular complexity index is 447. The van der Waals surface area contributed by atoms with Gasteiger partial charge in [0.2, 0.25) is 5.91 Å². The zero-order chi connectivity index (χ0) is 13.7. The molecule has 1 saturated heterocycles. The Kier molecular flexibility index (Phi) is 4.52. The van der Waals surface area contributed by atoms with E-state index in [0.29, 0.717) is 19.5 Å². The first-order valence-corrected chi connectivity index (χ1v) is 6.43. The lowest BCUT2D eigenvalue weighted by molar-refractivity contribution is -0.141. The van der Waals surface area contributed by atoms with Crippen molar-refractivity contribution in [2.75, 3.05) is 19.6 Å². The van der Waals surface area contributed by atoms with Gasteiger partial charge in [-0.15, -0.1) is 0 Å². The summed E-state index contributed by atoms with van der Waals surface area (Å²) in [6, 6.07) is 9.25. The lowest BCUT2D eigenvalue weighted by atomic mass is 10.1. The van der Waals surface area contributed by atoms with Crippen LogP contribution in [-0.2, 0) is 16.0 Å². The van der Waals surface area contributed by atoms with Gasteiger partial charge in [-0.3, -0.25) is 9.69 Å². The van der Waals surface area contributed by atoms with E-state index in [1.807, 2.05) is 23.1 Å². The number of nitrogens with one attached hydrogen (secondary N) is 1. The van der Waals surface area contributed by atoms with Crippen LogP contribution in [0.25, 0.3) is 0 Å². The van der Waals surface area contributed by atoms with Crippen LogP contribution in [0.15, 0.2) is 30.3 Å². The minimum atomic E-state index is -0.972. The van der Waals surface area contributed by atoms with Crippen LogP contribution < -0.4 is 5.32 Å². The molecule has 1 fully saturated rings. The highest BCUT2D eigenvalue weighted by Crippen LogP contribution is 2.06. The molecule has 0 saturated carbocycles. The highest BCUT2D eigenvalue weighted by Gasteiger charge is 2.26. The number of hydrogen-bond donors (Lipinski definition) is 2. The van der Waals surface area contributed by atoms with Gasteiger partial charge >= 0.3 is 5.97 Å². The number of hydrogen-bond acceptors (Lipinski definition) is 3. The Hall–Kier alpha value is -1.88. The Morgan fingerprint density at radius 3 is 2.79 bits per heavy atom. The summed E-state index contributed by atoms with van der Waals surface area (Å²) < 4.78 is 0. The molecular formula is C14H18N2O3. The summed E-state index contributed by atoms with van der Waals surface area (Å²) in [5.74, 6) is -1.16. The molecule has 0 aromatic heterocycles. The van der Waals surface area contributed by atoms with Crippen LogP contribution in [0, 0.1) is 0 Å². The average Bonchev–Trinajstić information content (AvgIpc) is 2.60. The van der Waals surface area contributed by atoms with Crippen LogP contribution in [0.4, 0.5) is 0 Å². The second-order valence-corrected chi connectivity index (χ2v) is 4.74. The monoisotopic (exact) mass is 262 g/mol. The van der Waals surface area contributed by atoms with Crippen LogP contribution in [0.3, 0.4) is 0 Å². The average molecular weight is 262 g/mol. The SMILES string of the molecule is O=C1CCN(CCc2ccccc2)CC(C(=O)O)N1. The van der Waals surface area contributed by atoms with Crippen molar-refractivity contribution < 1.29 is 14.7 Å². The maximum Gasteiger partial charge on any atom is 0.327 e. The molecule has 0 radical (unpaired) electrons. The molecular weight excluding hydrogens is 244 g/mol. The molecule has 5 heteroatoms. The number of rotatable bonds is 4. The van der Waals surface area contributed by atoms with Gasteiger partial charge in [-0.2, -0.15) is 0 Å². The topological polar surface area (TPSA) is 69.6 Å². The maximum atomic E-state index is 11.4. The molecule has 102 valence electrons. The molecule has 1 amide bonds. The van der Waals surface area contributed by atoms with Gasteiger partial charge in [0.15, 0.2) is 0 Å². The molecule has 0 bridgehead atoms. The molecule has 1 unspecified atom stereocenters. The first kappa shape index (κ1) is 13.5. The lowest BCUT2D eigenvalue weighted by Crippen LogP contribution is -2.45. The summed E-state index contributed by atoms with van der Waals surface area (Å²) in [6.07, 6.45) is 1.22. The van der Waals surface area contributed by atoms with E-state index < -0.39 is 12.0 Å². The summed E-state index contributed by atoms with van der Waals surface area (Å²) in [7, 11) is 0. The molecule has 0 aliphatic carbocycles. The molecule has 1 atom stereocenters. The van der Waals surface area contributed by atoms with E-state index >= 15 is 0 Å². The standard InChI is InChI=1S/C14H18N2O3/c17-13-7-9-16(10-12(15-13)14(18)19)8-6-11-4-2-1-3-5-11/h1-5,12H,6-10H2,(H,15,17)(H,18,19). The normalized spacial score (nSPS) is 20.6. The molecule has 0 spiro atoms. The van der Waals surface area contributed by atoms with Crippen molar-refractivity contribution in [2.45, 2.75) is 18.9 Å². The fourth-order valence-corrected chi connectivity index (χ4v) is 2.20. The van der Waals surface area contributed by atoms with Gasteiger partial charge in [-0.05, 0) is 12.0 Å². The third-order valence-electron chi connectivity index (χ3n) is 3.29. The summed E-state index contributed by atoms with van der Waals surface area (Å²) in [6.45, 7) is 1.75. The molecule has 2 rings (SSSR count). The predicted octanol–water partition coefficient (Wildman–Crippen LogP) is 0.504. The smallest absolute Gasteiger partial charge is 0.327 e. The highest BCUT2D eigenvalue weighted by atomic mass is 16.4. The number of nitrogens with zero attached hydrogens (tertiary/aromatic N) is 1. The van der Waals surface area contributed by atoms with E-state index in [-0.39, 0.29) is 5.91 Å². The quantitative estimate of drug-likeness (QED) is 0.829. The number of carbonyl (C=O) groups excluding carboxylic acids is 1. The number of carboxylic acid groups (broad SMARTS) is 1. The second kappa shape index (κ2) is 6.33. The molecule has 1 aliphatic rings. The van der Waals surface area contributed by atoms with Crippen molar-refractivity contribution in [1.29, 1.82) is 0 Å². The van der Waals surface area contributed by atoms with Gasteiger partial charge in [0, 0.05) is 26.1 Å². The lowest BCUT2D eigenvalue weighted by Gasteiger charge is -2.21. The molecule has 1 aromatic rings.